The van der Waals surface area contributed by atoms with Gasteiger partial charge in [0.1, 0.15) is 10.6 Å². The van der Waals surface area contributed by atoms with Gasteiger partial charge in [0.25, 0.3) is 5.91 Å². The van der Waals surface area contributed by atoms with E-state index in [1.165, 1.54) is 11.3 Å². The predicted molar refractivity (Wildman–Crippen MR) is 155 cm³/mol. The van der Waals surface area contributed by atoms with E-state index in [4.69, 9.17) is 16.3 Å². The third-order valence-electron chi connectivity index (χ3n) is 7.48. The summed E-state index contributed by atoms with van der Waals surface area (Å²) < 4.78 is 6.75. The van der Waals surface area contributed by atoms with Gasteiger partial charge < -0.3 is 15.0 Å². The lowest BCUT2D eigenvalue weighted by Crippen LogP contribution is -2.44. The molecule has 0 saturated heterocycles. The summed E-state index contributed by atoms with van der Waals surface area (Å²) in [5.74, 6) is 0.692. The third-order valence-corrected chi connectivity index (χ3v) is 9.15. The van der Waals surface area contributed by atoms with Crippen LogP contribution >= 0.6 is 22.9 Å². The van der Waals surface area contributed by atoms with Crippen molar-refractivity contribution in [2.24, 2.45) is 0 Å². The predicted octanol–water partition coefficient (Wildman–Crippen LogP) is 7.27. The molecule has 1 aliphatic carbocycles. The summed E-state index contributed by atoms with van der Waals surface area (Å²) in [6, 6.07) is 24.2. The first kappa shape index (κ1) is 26.2. The SMILES string of the molecule is CNC1CCC(N(Cc2cc(-c3cccc(C#N)c3)ccc2OC)C(=O)c2sc3ccccc3c2Cl)CC1. The van der Waals surface area contributed by atoms with Crippen LogP contribution in [-0.4, -0.2) is 37.0 Å². The van der Waals surface area contributed by atoms with E-state index in [-0.39, 0.29) is 11.9 Å². The summed E-state index contributed by atoms with van der Waals surface area (Å²) in [5.41, 5.74) is 3.46. The number of ether oxygens (including phenoxy) is 1. The van der Waals surface area contributed by atoms with Crippen molar-refractivity contribution in [1.82, 2.24) is 10.2 Å². The molecule has 3 aromatic carbocycles. The molecule has 38 heavy (non-hydrogen) atoms. The van der Waals surface area contributed by atoms with Gasteiger partial charge >= 0.3 is 0 Å². The molecule has 1 aliphatic rings. The topological polar surface area (TPSA) is 65.4 Å². The Hall–Kier alpha value is -3.37. The fraction of sp³-hybridized carbons (Fsp3) is 0.290. The van der Waals surface area contributed by atoms with Gasteiger partial charge in [0.05, 0.1) is 23.8 Å². The van der Waals surface area contributed by atoms with Crippen LogP contribution in [0.2, 0.25) is 5.02 Å². The first-order valence-corrected chi connectivity index (χ1v) is 14.0. The highest BCUT2D eigenvalue weighted by molar-refractivity contribution is 7.21. The number of carbonyl (C=O) groups is 1. The van der Waals surface area contributed by atoms with Crippen LogP contribution in [0.15, 0.2) is 66.7 Å². The number of hydrogen-bond donors (Lipinski definition) is 1. The maximum Gasteiger partial charge on any atom is 0.266 e. The Bertz CT molecular complexity index is 1500. The van der Waals surface area contributed by atoms with Crippen molar-refractivity contribution >= 4 is 38.9 Å². The van der Waals surface area contributed by atoms with Crippen molar-refractivity contribution in [3.63, 3.8) is 0 Å². The van der Waals surface area contributed by atoms with Crippen LogP contribution in [0.5, 0.6) is 5.75 Å². The van der Waals surface area contributed by atoms with Gasteiger partial charge in [-0.25, -0.2) is 0 Å². The van der Waals surface area contributed by atoms with E-state index in [1.54, 1.807) is 13.2 Å². The average molecular weight is 544 g/mol. The highest BCUT2D eigenvalue weighted by atomic mass is 35.5. The number of rotatable bonds is 7. The van der Waals surface area contributed by atoms with Crippen molar-refractivity contribution in [2.45, 2.75) is 44.3 Å². The molecule has 0 atom stereocenters. The number of nitrogens with zero attached hydrogens (tertiary/aromatic N) is 2. The van der Waals surface area contributed by atoms with Crippen molar-refractivity contribution in [2.75, 3.05) is 14.2 Å². The van der Waals surface area contributed by atoms with Gasteiger partial charge in [-0.2, -0.15) is 5.26 Å². The number of nitrogens with one attached hydrogen (secondary N) is 1. The quantitative estimate of drug-likeness (QED) is 0.266. The summed E-state index contributed by atoms with van der Waals surface area (Å²) in [7, 11) is 3.66. The first-order valence-electron chi connectivity index (χ1n) is 12.8. The van der Waals surface area contributed by atoms with Crippen molar-refractivity contribution < 1.29 is 9.53 Å². The van der Waals surface area contributed by atoms with Gasteiger partial charge in [0, 0.05) is 34.3 Å². The van der Waals surface area contributed by atoms with Crippen LogP contribution < -0.4 is 10.1 Å². The number of amides is 1. The molecule has 4 aromatic rings. The number of carbonyl (C=O) groups excluding carboxylic acids is 1. The molecule has 1 aromatic heterocycles. The number of fused-ring (bicyclic) bond motifs is 1. The third kappa shape index (κ3) is 5.28. The lowest BCUT2D eigenvalue weighted by molar-refractivity contribution is 0.0604. The molecule has 5 nitrogen and oxygen atoms in total. The summed E-state index contributed by atoms with van der Waals surface area (Å²) in [5, 5.41) is 14.2. The number of methoxy groups -OCH3 is 1. The molecule has 0 bridgehead atoms. The van der Waals surface area contributed by atoms with E-state index < -0.39 is 0 Å². The van der Waals surface area contributed by atoms with E-state index in [1.807, 2.05) is 66.5 Å². The summed E-state index contributed by atoms with van der Waals surface area (Å²) in [6.45, 7) is 0.410. The Kier molecular flexibility index (Phi) is 7.99. The van der Waals surface area contributed by atoms with Crippen LogP contribution in [0, 0.1) is 11.3 Å². The second-order valence-electron chi connectivity index (χ2n) is 9.69. The van der Waals surface area contributed by atoms with Gasteiger partial charge in [0.2, 0.25) is 0 Å². The molecule has 0 unspecified atom stereocenters. The van der Waals surface area contributed by atoms with Crippen molar-refractivity contribution in [3.05, 3.63) is 87.8 Å². The fourth-order valence-electron chi connectivity index (χ4n) is 5.36. The Morgan fingerprint density at radius 3 is 2.55 bits per heavy atom. The number of hydrogen-bond acceptors (Lipinski definition) is 5. The molecular formula is C31H30ClN3O2S. The Labute approximate surface area is 232 Å². The van der Waals surface area contributed by atoms with Crippen LogP contribution in [-0.2, 0) is 6.54 Å². The molecule has 7 heteroatoms. The second-order valence-corrected chi connectivity index (χ2v) is 11.1. The van der Waals surface area contributed by atoms with Crippen molar-refractivity contribution in [3.8, 4) is 22.9 Å². The second kappa shape index (κ2) is 11.6. The minimum absolute atomic E-state index is 0.0389. The maximum atomic E-state index is 14.2. The number of thiophene rings is 1. The largest absolute Gasteiger partial charge is 0.496 e. The van der Waals surface area contributed by atoms with Crippen molar-refractivity contribution in [1.29, 1.82) is 5.26 Å². The van der Waals surface area contributed by atoms with E-state index >= 15 is 0 Å². The minimum Gasteiger partial charge on any atom is -0.496 e. The van der Waals surface area contributed by atoms with Gasteiger partial charge in [0.15, 0.2) is 0 Å². The molecule has 1 heterocycles. The number of halogens is 1. The Balaban J connectivity index is 1.53. The maximum absolute atomic E-state index is 14.2. The minimum atomic E-state index is -0.0389. The zero-order valence-corrected chi connectivity index (χ0v) is 23.1. The van der Waals surface area contributed by atoms with E-state index in [0.29, 0.717) is 28.0 Å². The van der Waals surface area contributed by atoms with Gasteiger partial charge in [-0.1, -0.05) is 48.0 Å². The first-order chi connectivity index (χ1) is 18.5. The monoisotopic (exact) mass is 543 g/mol. The van der Waals surface area contributed by atoms with Crippen LogP contribution in [0.1, 0.15) is 46.5 Å². The molecule has 1 amide bonds. The fourth-order valence-corrected chi connectivity index (χ4v) is 6.83. The van der Waals surface area contributed by atoms with Gasteiger partial charge in [-0.05, 0) is 74.2 Å². The molecule has 1 N–H and O–H groups in total. The lowest BCUT2D eigenvalue weighted by Gasteiger charge is -2.37. The molecular weight excluding hydrogens is 514 g/mol. The van der Waals surface area contributed by atoms with Gasteiger partial charge in [-0.15, -0.1) is 11.3 Å². The molecule has 1 fully saturated rings. The summed E-state index contributed by atoms with van der Waals surface area (Å²) in [4.78, 5) is 16.8. The summed E-state index contributed by atoms with van der Waals surface area (Å²) in [6.07, 6.45) is 3.88. The smallest absolute Gasteiger partial charge is 0.266 e. The summed E-state index contributed by atoms with van der Waals surface area (Å²) >= 11 is 8.23. The lowest BCUT2D eigenvalue weighted by atomic mass is 9.89. The average Bonchev–Trinajstić information content (AvgIpc) is 3.31. The number of nitriles is 1. The molecule has 5 rings (SSSR count). The standard InChI is InChI=1S/C31H30ClN3O2S/c1-34-24-11-13-25(14-12-24)35(31(36)30-29(32)26-8-3-4-9-28(26)38-30)19-23-17-22(10-15-27(23)37-2)21-7-5-6-20(16-21)18-33/h3-10,15-17,24-25,34H,11-14,19H2,1-2H3. The molecule has 0 aliphatic heterocycles. The van der Waals surface area contributed by atoms with Gasteiger partial charge in [-0.3, -0.25) is 4.79 Å². The van der Waals surface area contributed by atoms with E-state index in [9.17, 15) is 10.1 Å². The number of benzene rings is 3. The molecule has 0 spiro atoms. The highest BCUT2D eigenvalue weighted by Gasteiger charge is 2.32. The van der Waals surface area contributed by atoms with E-state index in [0.717, 1.165) is 58.2 Å². The molecule has 1 saturated carbocycles. The Morgan fingerprint density at radius 1 is 1.08 bits per heavy atom. The molecule has 194 valence electrons. The van der Waals surface area contributed by atoms with Crippen LogP contribution in [0.25, 0.3) is 21.2 Å². The normalized spacial score (nSPS) is 17.2. The highest BCUT2D eigenvalue weighted by Crippen LogP contribution is 2.38. The van der Waals surface area contributed by atoms with Crippen LogP contribution in [0.4, 0.5) is 0 Å². The zero-order valence-electron chi connectivity index (χ0n) is 21.5. The van der Waals surface area contributed by atoms with Crippen LogP contribution in [0.3, 0.4) is 0 Å². The molecule has 0 radical (unpaired) electrons. The van der Waals surface area contributed by atoms with E-state index in [2.05, 4.69) is 17.5 Å². The zero-order chi connectivity index (χ0) is 26.6. The Morgan fingerprint density at radius 2 is 1.84 bits per heavy atom.